The quantitative estimate of drug-likeness (QED) is 0.544. The number of rotatable bonds is 10. The van der Waals surface area contributed by atoms with Gasteiger partial charge in [0.05, 0.1) is 19.3 Å². The van der Waals surface area contributed by atoms with Gasteiger partial charge in [-0.25, -0.2) is 0 Å². The maximum absolute atomic E-state index is 5.81. The van der Waals surface area contributed by atoms with E-state index >= 15 is 0 Å². The Bertz CT molecular complexity index is 245. The van der Waals surface area contributed by atoms with E-state index in [1.165, 1.54) is 19.3 Å². The number of unbranched alkanes of at least 4 members (excludes halogenated alkanes) is 2. The topological polar surface area (TPSA) is 18.5 Å². The molecule has 0 aromatic heterocycles. The summed E-state index contributed by atoms with van der Waals surface area (Å²) in [6.45, 7) is 6.63. The summed E-state index contributed by atoms with van der Waals surface area (Å²) in [5.74, 6) is 0.549. The Labute approximate surface area is 112 Å². The van der Waals surface area contributed by atoms with Gasteiger partial charge in [-0.1, -0.05) is 50.5 Å². The highest BCUT2D eigenvalue weighted by Crippen LogP contribution is 2.13. The van der Waals surface area contributed by atoms with Gasteiger partial charge >= 0.3 is 0 Å². The lowest BCUT2D eigenvalue weighted by Crippen LogP contribution is -2.22. The SMILES string of the molecule is CCCCCC(COCC1C=CC=CC1)OCC. The molecular weight excluding hydrogens is 224 g/mol. The second-order valence-electron chi connectivity index (χ2n) is 4.92. The predicted molar refractivity (Wildman–Crippen MR) is 76.8 cm³/mol. The number of hydrogen-bond donors (Lipinski definition) is 0. The molecule has 104 valence electrons. The van der Waals surface area contributed by atoms with Gasteiger partial charge in [0.2, 0.25) is 0 Å². The van der Waals surface area contributed by atoms with Crippen molar-refractivity contribution in [3.63, 3.8) is 0 Å². The molecule has 0 saturated carbocycles. The van der Waals surface area contributed by atoms with Crippen LogP contribution in [-0.2, 0) is 9.47 Å². The third-order valence-corrected chi connectivity index (χ3v) is 3.24. The van der Waals surface area contributed by atoms with Crippen molar-refractivity contribution in [2.45, 2.75) is 52.1 Å². The molecule has 0 aromatic rings. The molecule has 0 N–H and O–H groups in total. The zero-order valence-electron chi connectivity index (χ0n) is 11.9. The van der Waals surface area contributed by atoms with Crippen LogP contribution in [0.1, 0.15) is 46.0 Å². The summed E-state index contributed by atoms with van der Waals surface area (Å²) < 4.78 is 11.5. The Hall–Kier alpha value is -0.600. The first-order valence-electron chi connectivity index (χ1n) is 7.39. The summed E-state index contributed by atoms with van der Waals surface area (Å²) in [5.41, 5.74) is 0. The largest absolute Gasteiger partial charge is 0.378 e. The van der Waals surface area contributed by atoms with Gasteiger partial charge in [-0.15, -0.1) is 0 Å². The number of hydrogen-bond acceptors (Lipinski definition) is 2. The average Bonchev–Trinajstić information content (AvgIpc) is 2.40. The normalized spacial score (nSPS) is 20.2. The minimum absolute atomic E-state index is 0.282. The van der Waals surface area contributed by atoms with E-state index in [1.54, 1.807) is 0 Å². The maximum Gasteiger partial charge on any atom is 0.0808 e. The molecule has 0 amide bonds. The van der Waals surface area contributed by atoms with Crippen molar-refractivity contribution < 1.29 is 9.47 Å². The molecule has 1 aliphatic carbocycles. The van der Waals surface area contributed by atoms with Crippen LogP contribution >= 0.6 is 0 Å². The van der Waals surface area contributed by atoms with Crippen LogP contribution in [0.2, 0.25) is 0 Å². The van der Waals surface area contributed by atoms with Gasteiger partial charge in [-0.3, -0.25) is 0 Å². The van der Waals surface area contributed by atoms with Gasteiger partial charge in [-0.05, 0) is 19.8 Å². The summed E-state index contributed by atoms with van der Waals surface area (Å²) in [5, 5.41) is 0. The average molecular weight is 252 g/mol. The first kappa shape index (κ1) is 15.5. The van der Waals surface area contributed by atoms with Crippen LogP contribution in [0.25, 0.3) is 0 Å². The molecule has 18 heavy (non-hydrogen) atoms. The summed E-state index contributed by atoms with van der Waals surface area (Å²) >= 11 is 0. The molecule has 2 unspecified atom stereocenters. The maximum atomic E-state index is 5.81. The highest BCUT2D eigenvalue weighted by Gasteiger charge is 2.10. The minimum Gasteiger partial charge on any atom is -0.378 e. The summed E-state index contributed by atoms with van der Waals surface area (Å²) in [6, 6.07) is 0. The van der Waals surface area contributed by atoms with Gasteiger partial charge in [0.25, 0.3) is 0 Å². The van der Waals surface area contributed by atoms with E-state index in [0.717, 1.165) is 32.7 Å². The first-order valence-corrected chi connectivity index (χ1v) is 7.39. The summed E-state index contributed by atoms with van der Waals surface area (Å²) in [6.07, 6.45) is 15.0. The zero-order valence-corrected chi connectivity index (χ0v) is 11.9. The Morgan fingerprint density at radius 1 is 1.22 bits per heavy atom. The van der Waals surface area contributed by atoms with Crippen LogP contribution in [0.4, 0.5) is 0 Å². The van der Waals surface area contributed by atoms with Crippen LogP contribution < -0.4 is 0 Å². The second kappa shape index (κ2) is 10.3. The molecule has 0 radical (unpaired) electrons. The molecular formula is C16H28O2. The Morgan fingerprint density at radius 2 is 2.11 bits per heavy atom. The molecule has 0 heterocycles. The summed E-state index contributed by atoms with van der Waals surface area (Å²) in [4.78, 5) is 0. The lowest BCUT2D eigenvalue weighted by atomic mass is 10.0. The van der Waals surface area contributed by atoms with Gasteiger partial charge in [-0.2, -0.15) is 0 Å². The van der Waals surface area contributed by atoms with E-state index in [1.807, 2.05) is 0 Å². The van der Waals surface area contributed by atoms with Crippen LogP contribution in [-0.4, -0.2) is 25.9 Å². The van der Waals surface area contributed by atoms with Crippen LogP contribution in [0.15, 0.2) is 24.3 Å². The van der Waals surface area contributed by atoms with Gasteiger partial charge < -0.3 is 9.47 Å². The predicted octanol–water partition coefficient (Wildman–Crippen LogP) is 4.12. The monoisotopic (exact) mass is 252 g/mol. The molecule has 2 nitrogen and oxygen atoms in total. The first-order chi connectivity index (χ1) is 8.86. The van der Waals surface area contributed by atoms with Crippen molar-refractivity contribution >= 4 is 0 Å². The minimum atomic E-state index is 0.282. The highest BCUT2D eigenvalue weighted by molar-refractivity contribution is 5.10. The highest BCUT2D eigenvalue weighted by atomic mass is 16.5. The fraction of sp³-hybridized carbons (Fsp3) is 0.750. The Balaban J connectivity index is 2.11. The van der Waals surface area contributed by atoms with Crippen LogP contribution in [0.3, 0.4) is 0 Å². The lowest BCUT2D eigenvalue weighted by Gasteiger charge is -2.19. The zero-order chi connectivity index (χ0) is 13.1. The lowest BCUT2D eigenvalue weighted by molar-refractivity contribution is -0.0217. The smallest absolute Gasteiger partial charge is 0.0808 e. The molecule has 0 bridgehead atoms. The van der Waals surface area contributed by atoms with Gasteiger partial charge in [0.15, 0.2) is 0 Å². The Kier molecular flexibility index (Phi) is 8.87. The van der Waals surface area contributed by atoms with Crippen molar-refractivity contribution in [1.29, 1.82) is 0 Å². The van der Waals surface area contributed by atoms with Crippen molar-refractivity contribution in [1.82, 2.24) is 0 Å². The number of ether oxygens (including phenoxy) is 2. The standard InChI is InChI=1S/C16H28O2/c1-3-5-7-12-16(18-4-2)14-17-13-15-10-8-6-9-11-15/h6,8-10,15-16H,3-5,7,11-14H2,1-2H3. The van der Waals surface area contributed by atoms with E-state index in [4.69, 9.17) is 9.47 Å². The molecule has 0 aromatic carbocycles. The molecule has 1 rings (SSSR count). The van der Waals surface area contributed by atoms with Crippen molar-refractivity contribution in [2.75, 3.05) is 19.8 Å². The molecule has 2 heteroatoms. The Morgan fingerprint density at radius 3 is 2.78 bits per heavy atom. The molecule has 0 spiro atoms. The van der Waals surface area contributed by atoms with E-state index in [0.29, 0.717) is 5.92 Å². The molecule has 0 aliphatic heterocycles. The van der Waals surface area contributed by atoms with Crippen molar-refractivity contribution in [3.8, 4) is 0 Å². The van der Waals surface area contributed by atoms with Crippen LogP contribution in [0, 0.1) is 5.92 Å². The van der Waals surface area contributed by atoms with E-state index in [9.17, 15) is 0 Å². The summed E-state index contributed by atoms with van der Waals surface area (Å²) in [7, 11) is 0. The molecule has 0 saturated heterocycles. The van der Waals surface area contributed by atoms with E-state index in [-0.39, 0.29) is 6.10 Å². The van der Waals surface area contributed by atoms with Crippen LogP contribution in [0.5, 0.6) is 0 Å². The van der Waals surface area contributed by atoms with Crippen molar-refractivity contribution in [2.24, 2.45) is 5.92 Å². The molecule has 2 atom stereocenters. The molecule has 1 aliphatic rings. The fourth-order valence-electron chi connectivity index (χ4n) is 2.18. The van der Waals surface area contributed by atoms with Gasteiger partial charge in [0.1, 0.15) is 0 Å². The third kappa shape index (κ3) is 6.97. The molecule has 0 fully saturated rings. The number of allylic oxidation sites excluding steroid dienone is 3. The third-order valence-electron chi connectivity index (χ3n) is 3.24. The second-order valence-corrected chi connectivity index (χ2v) is 4.92. The van der Waals surface area contributed by atoms with E-state index in [2.05, 4.69) is 38.2 Å². The van der Waals surface area contributed by atoms with Gasteiger partial charge in [0, 0.05) is 12.5 Å². The van der Waals surface area contributed by atoms with E-state index < -0.39 is 0 Å². The fourth-order valence-corrected chi connectivity index (χ4v) is 2.18. The van der Waals surface area contributed by atoms with Crippen molar-refractivity contribution in [3.05, 3.63) is 24.3 Å².